The molecule has 0 unspecified atom stereocenters. The highest BCUT2D eigenvalue weighted by Crippen LogP contribution is 2.35. The van der Waals surface area contributed by atoms with E-state index in [1.165, 1.54) is 10.6 Å². The lowest BCUT2D eigenvalue weighted by atomic mass is 10.1. The highest BCUT2D eigenvalue weighted by atomic mass is 16.5. The Balaban J connectivity index is 2.11. The summed E-state index contributed by atoms with van der Waals surface area (Å²) in [5.74, 6) is 1.03. The third-order valence-electron chi connectivity index (χ3n) is 3.63. The number of nitrogens with two attached hydrogens (primary N) is 1. The standard InChI is InChI=1S/C19H15N3O2/c1-22-12-14(6-9-19(22)23)16-10-15(21)7-8-18(16)24-17-5-3-2-4-13(17)11-20/h2-10,12H,21H2,1H3. The highest BCUT2D eigenvalue weighted by Gasteiger charge is 2.11. The lowest BCUT2D eigenvalue weighted by Gasteiger charge is -2.13. The molecule has 0 atom stereocenters. The van der Waals surface area contributed by atoms with Crippen molar-refractivity contribution in [3.05, 3.63) is 76.7 Å². The van der Waals surface area contributed by atoms with E-state index in [0.717, 1.165) is 11.1 Å². The van der Waals surface area contributed by atoms with Crippen molar-refractivity contribution in [1.29, 1.82) is 5.26 Å². The largest absolute Gasteiger partial charge is 0.455 e. The fourth-order valence-electron chi connectivity index (χ4n) is 2.38. The molecule has 0 aliphatic heterocycles. The van der Waals surface area contributed by atoms with E-state index < -0.39 is 0 Å². The number of aryl methyl sites for hydroxylation is 1. The molecule has 0 fully saturated rings. The summed E-state index contributed by atoms with van der Waals surface area (Å²) in [6.45, 7) is 0. The van der Waals surface area contributed by atoms with Crippen molar-refractivity contribution in [1.82, 2.24) is 4.57 Å². The maximum absolute atomic E-state index is 11.6. The van der Waals surface area contributed by atoms with Crippen molar-refractivity contribution in [2.75, 3.05) is 5.73 Å². The first-order valence-corrected chi connectivity index (χ1v) is 7.32. The minimum atomic E-state index is -0.0973. The van der Waals surface area contributed by atoms with Gasteiger partial charge in [0, 0.05) is 36.1 Å². The van der Waals surface area contributed by atoms with Gasteiger partial charge >= 0.3 is 0 Å². The Morgan fingerprint density at radius 1 is 1.08 bits per heavy atom. The molecule has 3 rings (SSSR count). The molecule has 118 valence electrons. The first-order chi connectivity index (χ1) is 11.6. The summed E-state index contributed by atoms with van der Waals surface area (Å²) in [6.07, 6.45) is 1.72. The van der Waals surface area contributed by atoms with Gasteiger partial charge in [-0.2, -0.15) is 5.26 Å². The summed E-state index contributed by atoms with van der Waals surface area (Å²) in [6, 6.07) is 17.6. The van der Waals surface area contributed by atoms with Crippen LogP contribution in [0.15, 0.2) is 65.6 Å². The number of nitriles is 1. The van der Waals surface area contributed by atoms with Crippen LogP contribution in [0.1, 0.15) is 5.56 Å². The lowest BCUT2D eigenvalue weighted by molar-refractivity contribution is 0.483. The van der Waals surface area contributed by atoms with E-state index in [0.29, 0.717) is 22.7 Å². The highest BCUT2D eigenvalue weighted by molar-refractivity contribution is 5.74. The monoisotopic (exact) mass is 317 g/mol. The van der Waals surface area contributed by atoms with E-state index in [-0.39, 0.29) is 5.56 Å². The number of hydrogen-bond donors (Lipinski definition) is 1. The van der Waals surface area contributed by atoms with Gasteiger partial charge in [-0.05, 0) is 36.4 Å². The quantitative estimate of drug-likeness (QED) is 0.752. The Morgan fingerprint density at radius 3 is 2.62 bits per heavy atom. The van der Waals surface area contributed by atoms with E-state index in [4.69, 9.17) is 10.5 Å². The number of nitrogens with zero attached hydrogens (tertiary/aromatic N) is 2. The molecule has 0 aliphatic rings. The third-order valence-corrected chi connectivity index (χ3v) is 3.63. The summed E-state index contributed by atoms with van der Waals surface area (Å²) in [4.78, 5) is 11.6. The number of para-hydroxylation sites is 1. The molecular weight excluding hydrogens is 302 g/mol. The Bertz CT molecular complexity index is 1000. The van der Waals surface area contributed by atoms with Gasteiger partial charge in [0.15, 0.2) is 0 Å². The van der Waals surface area contributed by atoms with E-state index in [9.17, 15) is 10.1 Å². The van der Waals surface area contributed by atoms with Crippen molar-refractivity contribution in [3.8, 4) is 28.7 Å². The van der Waals surface area contributed by atoms with Crippen molar-refractivity contribution < 1.29 is 4.74 Å². The second kappa shape index (κ2) is 6.31. The van der Waals surface area contributed by atoms with Gasteiger partial charge in [0.05, 0.1) is 5.56 Å². The van der Waals surface area contributed by atoms with Gasteiger partial charge < -0.3 is 15.0 Å². The number of benzene rings is 2. The molecule has 0 saturated heterocycles. The smallest absolute Gasteiger partial charge is 0.250 e. The summed E-state index contributed by atoms with van der Waals surface area (Å²) >= 11 is 0. The van der Waals surface area contributed by atoms with Crippen molar-refractivity contribution in [3.63, 3.8) is 0 Å². The molecule has 0 aliphatic carbocycles. The minimum absolute atomic E-state index is 0.0973. The molecule has 0 saturated carbocycles. The van der Waals surface area contributed by atoms with Crippen LogP contribution in [-0.2, 0) is 7.05 Å². The number of rotatable bonds is 3. The van der Waals surface area contributed by atoms with E-state index in [2.05, 4.69) is 6.07 Å². The molecule has 1 aromatic heterocycles. The molecule has 2 aromatic carbocycles. The molecule has 24 heavy (non-hydrogen) atoms. The van der Waals surface area contributed by atoms with Crippen LogP contribution in [0.2, 0.25) is 0 Å². The molecule has 0 radical (unpaired) electrons. The van der Waals surface area contributed by atoms with Gasteiger partial charge in [-0.1, -0.05) is 12.1 Å². The van der Waals surface area contributed by atoms with Crippen LogP contribution in [0.3, 0.4) is 0 Å². The van der Waals surface area contributed by atoms with E-state index in [1.54, 1.807) is 61.8 Å². The zero-order chi connectivity index (χ0) is 17.1. The number of aromatic nitrogens is 1. The van der Waals surface area contributed by atoms with Crippen molar-refractivity contribution >= 4 is 5.69 Å². The van der Waals surface area contributed by atoms with Crippen LogP contribution >= 0.6 is 0 Å². The lowest BCUT2D eigenvalue weighted by Crippen LogP contribution is -2.14. The normalized spacial score (nSPS) is 10.2. The average Bonchev–Trinajstić information content (AvgIpc) is 2.59. The number of nitrogen functional groups attached to an aromatic ring is 1. The third kappa shape index (κ3) is 2.99. The number of hydrogen-bond acceptors (Lipinski definition) is 4. The van der Waals surface area contributed by atoms with Gasteiger partial charge in [0.2, 0.25) is 5.56 Å². The first-order valence-electron chi connectivity index (χ1n) is 7.32. The van der Waals surface area contributed by atoms with Crippen LogP contribution in [0.4, 0.5) is 5.69 Å². The Hall–Kier alpha value is -3.52. The van der Waals surface area contributed by atoms with Gasteiger partial charge in [-0.3, -0.25) is 4.79 Å². The molecule has 0 amide bonds. The maximum Gasteiger partial charge on any atom is 0.250 e. The number of ether oxygens (including phenoxy) is 1. The molecule has 5 nitrogen and oxygen atoms in total. The average molecular weight is 317 g/mol. The predicted octanol–water partition coefficient (Wildman–Crippen LogP) is 3.30. The molecule has 0 bridgehead atoms. The van der Waals surface area contributed by atoms with Crippen LogP contribution in [0.25, 0.3) is 11.1 Å². The molecule has 5 heteroatoms. The Morgan fingerprint density at radius 2 is 1.88 bits per heavy atom. The molecular formula is C19H15N3O2. The summed E-state index contributed by atoms with van der Waals surface area (Å²) in [7, 11) is 1.68. The molecule has 0 spiro atoms. The zero-order valence-corrected chi connectivity index (χ0v) is 13.1. The topological polar surface area (TPSA) is 81.0 Å². The second-order valence-corrected chi connectivity index (χ2v) is 5.33. The van der Waals surface area contributed by atoms with Gasteiger partial charge in [-0.15, -0.1) is 0 Å². The van der Waals surface area contributed by atoms with Gasteiger partial charge in [0.1, 0.15) is 17.6 Å². The van der Waals surface area contributed by atoms with E-state index in [1.807, 2.05) is 0 Å². The van der Waals surface area contributed by atoms with Gasteiger partial charge in [-0.25, -0.2) is 0 Å². The summed E-state index contributed by atoms with van der Waals surface area (Å²) < 4.78 is 7.44. The molecule has 3 aromatic rings. The second-order valence-electron chi connectivity index (χ2n) is 5.33. The number of anilines is 1. The summed E-state index contributed by atoms with van der Waals surface area (Å²) in [5, 5.41) is 9.21. The van der Waals surface area contributed by atoms with Crippen LogP contribution in [0.5, 0.6) is 11.5 Å². The number of pyridine rings is 1. The Labute approximate surface area is 139 Å². The van der Waals surface area contributed by atoms with Crippen LogP contribution in [0, 0.1) is 11.3 Å². The van der Waals surface area contributed by atoms with Crippen LogP contribution < -0.4 is 16.0 Å². The predicted molar refractivity (Wildman–Crippen MR) is 92.8 cm³/mol. The summed E-state index contributed by atoms with van der Waals surface area (Å²) in [5.41, 5.74) is 8.39. The molecule has 2 N–H and O–H groups in total. The van der Waals surface area contributed by atoms with Gasteiger partial charge in [0.25, 0.3) is 0 Å². The molecule has 1 heterocycles. The van der Waals surface area contributed by atoms with Crippen LogP contribution in [-0.4, -0.2) is 4.57 Å². The minimum Gasteiger partial charge on any atom is -0.455 e. The maximum atomic E-state index is 11.6. The van der Waals surface area contributed by atoms with Crippen molar-refractivity contribution in [2.45, 2.75) is 0 Å². The van der Waals surface area contributed by atoms with E-state index >= 15 is 0 Å². The Kier molecular flexibility index (Phi) is 4.04. The fourth-order valence-corrected chi connectivity index (χ4v) is 2.38. The fraction of sp³-hybridized carbons (Fsp3) is 0.0526. The van der Waals surface area contributed by atoms with Crippen molar-refractivity contribution in [2.24, 2.45) is 7.05 Å². The SMILES string of the molecule is Cn1cc(-c2cc(N)ccc2Oc2ccccc2C#N)ccc1=O. The first kappa shape index (κ1) is 15.4. The zero-order valence-electron chi connectivity index (χ0n) is 13.1.